The predicted molar refractivity (Wildman–Crippen MR) is 178 cm³/mol. The Morgan fingerprint density at radius 3 is 2.43 bits per heavy atom. The number of hydrogen-bond donors (Lipinski definition) is 1. The van der Waals surface area contributed by atoms with Crippen LogP contribution in [-0.4, -0.2) is 60.3 Å². The van der Waals surface area contributed by atoms with Crippen LogP contribution in [0.15, 0.2) is 60.9 Å². The van der Waals surface area contributed by atoms with Crippen LogP contribution in [-0.2, 0) is 4.79 Å². The maximum Gasteiger partial charge on any atom is 0.303 e. The standard InChI is InChI=1S/C37H46N4O5/c1-45-30-12-13-31(37(44)41(34-9-5-6-17-38-34)24-26-7-3-2-4-8-26)33(22-30)40-19-15-27(16-20-40)25-46-35-21-29(14-18-39-35)32(23-36(42)43)28-10-11-28/h5-6,9,12-14,17-18,21-22,26-28,32H,2-4,7-8,10-11,15-16,19-20,23-25H2,1H3,(H,42,43). The number of rotatable bonds is 13. The van der Waals surface area contributed by atoms with E-state index in [0.717, 1.165) is 68.6 Å². The number of carbonyl (C=O) groups is 2. The largest absolute Gasteiger partial charge is 0.497 e. The molecule has 3 aliphatic rings. The van der Waals surface area contributed by atoms with Crippen molar-refractivity contribution in [2.24, 2.45) is 17.8 Å². The lowest BCUT2D eigenvalue weighted by molar-refractivity contribution is -0.137. The maximum atomic E-state index is 14.3. The third-order valence-corrected chi connectivity index (χ3v) is 9.97. The number of carboxylic acids is 1. The molecule has 3 aromatic rings. The van der Waals surface area contributed by atoms with Crippen molar-refractivity contribution in [2.75, 3.05) is 43.2 Å². The molecule has 244 valence electrons. The first-order valence-corrected chi connectivity index (χ1v) is 16.9. The van der Waals surface area contributed by atoms with E-state index in [9.17, 15) is 14.7 Å². The van der Waals surface area contributed by atoms with Crippen LogP contribution in [0.5, 0.6) is 11.6 Å². The first kappa shape index (κ1) is 31.8. The smallest absolute Gasteiger partial charge is 0.303 e. The quantitative estimate of drug-likeness (QED) is 0.217. The number of benzene rings is 1. The zero-order valence-corrected chi connectivity index (χ0v) is 26.9. The third-order valence-electron chi connectivity index (χ3n) is 9.97. The van der Waals surface area contributed by atoms with Crippen molar-refractivity contribution in [1.29, 1.82) is 0 Å². The summed E-state index contributed by atoms with van der Waals surface area (Å²) in [6.07, 6.45) is 13.6. The highest BCUT2D eigenvalue weighted by molar-refractivity contribution is 6.09. The Balaban J connectivity index is 1.13. The second kappa shape index (κ2) is 15.0. The fraction of sp³-hybridized carbons (Fsp3) is 0.514. The van der Waals surface area contributed by atoms with Gasteiger partial charge in [0.05, 0.1) is 31.4 Å². The first-order chi connectivity index (χ1) is 22.5. The van der Waals surface area contributed by atoms with E-state index < -0.39 is 5.97 Å². The summed E-state index contributed by atoms with van der Waals surface area (Å²) in [5, 5.41) is 9.41. The van der Waals surface area contributed by atoms with E-state index in [1.165, 1.54) is 19.3 Å². The number of aromatic nitrogens is 2. The van der Waals surface area contributed by atoms with Crippen molar-refractivity contribution in [3.05, 3.63) is 72.1 Å². The van der Waals surface area contributed by atoms with E-state index in [0.29, 0.717) is 48.2 Å². The Morgan fingerprint density at radius 2 is 1.74 bits per heavy atom. The van der Waals surface area contributed by atoms with E-state index in [1.807, 2.05) is 53.4 Å². The zero-order valence-electron chi connectivity index (χ0n) is 26.9. The van der Waals surface area contributed by atoms with Crippen LogP contribution in [0.1, 0.15) is 86.0 Å². The summed E-state index contributed by atoms with van der Waals surface area (Å²) in [6, 6.07) is 15.4. The summed E-state index contributed by atoms with van der Waals surface area (Å²) in [5.74, 6) is 2.47. The van der Waals surface area contributed by atoms with Gasteiger partial charge in [-0.05, 0) is 98.1 Å². The molecule has 3 fully saturated rings. The molecule has 0 spiro atoms. The molecule has 46 heavy (non-hydrogen) atoms. The molecule has 1 saturated heterocycles. The van der Waals surface area contributed by atoms with Crippen LogP contribution in [0.3, 0.4) is 0 Å². The number of methoxy groups -OCH3 is 1. The number of carbonyl (C=O) groups excluding carboxylic acids is 1. The molecule has 1 amide bonds. The van der Waals surface area contributed by atoms with Crippen LogP contribution < -0.4 is 19.3 Å². The fourth-order valence-electron chi connectivity index (χ4n) is 7.17. The molecule has 9 nitrogen and oxygen atoms in total. The third kappa shape index (κ3) is 7.98. The molecule has 9 heteroatoms. The highest BCUT2D eigenvalue weighted by Crippen LogP contribution is 2.45. The van der Waals surface area contributed by atoms with E-state index >= 15 is 0 Å². The van der Waals surface area contributed by atoms with Gasteiger partial charge < -0.3 is 19.5 Å². The van der Waals surface area contributed by atoms with Crippen LogP contribution >= 0.6 is 0 Å². The number of pyridine rings is 2. The number of aliphatic carboxylic acids is 1. The van der Waals surface area contributed by atoms with Gasteiger partial charge in [-0.3, -0.25) is 14.5 Å². The van der Waals surface area contributed by atoms with Crippen molar-refractivity contribution >= 4 is 23.4 Å². The second-order valence-corrected chi connectivity index (χ2v) is 13.2. The minimum atomic E-state index is -0.766. The molecule has 2 aliphatic carbocycles. The fourth-order valence-corrected chi connectivity index (χ4v) is 7.17. The van der Waals surface area contributed by atoms with Crippen molar-refractivity contribution < 1.29 is 24.2 Å². The molecular weight excluding hydrogens is 580 g/mol. The Morgan fingerprint density at radius 1 is 0.935 bits per heavy atom. The Kier molecular flexibility index (Phi) is 10.4. The molecule has 1 atom stereocenters. The van der Waals surface area contributed by atoms with Gasteiger partial charge in [0.15, 0.2) is 0 Å². The molecule has 0 radical (unpaired) electrons. The Hall–Kier alpha value is -4.14. The highest BCUT2D eigenvalue weighted by Gasteiger charge is 2.34. The SMILES string of the molecule is COc1ccc(C(=O)N(CC2CCCCC2)c2ccccn2)c(N2CCC(COc3cc(C(CC(=O)O)C4CC4)ccn3)CC2)c1. The first-order valence-electron chi connectivity index (χ1n) is 16.9. The minimum Gasteiger partial charge on any atom is -0.497 e. The highest BCUT2D eigenvalue weighted by atomic mass is 16.5. The normalized spacial score (nSPS) is 18.2. The molecule has 1 N–H and O–H groups in total. The molecule has 2 saturated carbocycles. The monoisotopic (exact) mass is 626 g/mol. The van der Waals surface area contributed by atoms with Gasteiger partial charge in [0.25, 0.3) is 5.91 Å². The summed E-state index contributed by atoms with van der Waals surface area (Å²) in [5.41, 5.74) is 2.57. The van der Waals surface area contributed by atoms with E-state index in [1.54, 1.807) is 19.5 Å². The van der Waals surface area contributed by atoms with Crippen LogP contribution in [0.2, 0.25) is 0 Å². The average molecular weight is 627 g/mol. The van der Waals surface area contributed by atoms with Gasteiger partial charge in [-0.15, -0.1) is 0 Å². The zero-order chi connectivity index (χ0) is 31.9. The van der Waals surface area contributed by atoms with Gasteiger partial charge in [0.2, 0.25) is 5.88 Å². The molecular formula is C37H46N4O5. The summed E-state index contributed by atoms with van der Waals surface area (Å²) in [6.45, 7) is 2.82. The number of amides is 1. The average Bonchev–Trinajstić information content (AvgIpc) is 3.95. The summed E-state index contributed by atoms with van der Waals surface area (Å²) in [4.78, 5) is 39.0. The van der Waals surface area contributed by atoms with Crippen LogP contribution in [0, 0.1) is 17.8 Å². The van der Waals surface area contributed by atoms with Gasteiger partial charge in [0, 0.05) is 44.2 Å². The molecule has 2 aromatic heterocycles. The minimum absolute atomic E-state index is 0.0159. The second-order valence-electron chi connectivity index (χ2n) is 13.2. The van der Waals surface area contributed by atoms with Gasteiger partial charge in [-0.25, -0.2) is 9.97 Å². The van der Waals surface area contributed by atoms with Crippen molar-refractivity contribution in [3.8, 4) is 11.6 Å². The number of hydrogen-bond acceptors (Lipinski definition) is 7. The van der Waals surface area contributed by atoms with E-state index in [-0.39, 0.29) is 18.2 Å². The summed E-state index contributed by atoms with van der Waals surface area (Å²) in [7, 11) is 1.66. The molecule has 0 bridgehead atoms. The molecule has 1 aliphatic heterocycles. The van der Waals surface area contributed by atoms with Gasteiger partial charge in [-0.1, -0.05) is 25.3 Å². The summed E-state index contributed by atoms with van der Waals surface area (Å²) < 4.78 is 11.8. The Bertz CT molecular complexity index is 1470. The Labute approximate surface area is 271 Å². The maximum absolute atomic E-state index is 14.3. The molecule has 3 heterocycles. The van der Waals surface area contributed by atoms with Crippen LogP contribution in [0.25, 0.3) is 0 Å². The van der Waals surface area contributed by atoms with Gasteiger partial charge in [-0.2, -0.15) is 0 Å². The van der Waals surface area contributed by atoms with Crippen molar-refractivity contribution in [2.45, 2.75) is 70.1 Å². The predicted octanol–water partition coefficient (Wildman–Crippen LogP) is 6.98. The number of carboxylic acid groups (broad SMARTS) is 1. The molecule has 1 aromatic carbocycles. The lowest BCUT2D eigenvalue weighted by Crippen LogP contribution is -2.40. The van der Waals surface area contributed by atoms with Gasteiger partial charge >= 0.3 is 5.97 Å². The number of nitrogens with zero attached hydrogens (tertiary/aromatic N) is 4. The van der Waals surface area contributed by atoms with Crippen molar-refractivity contribution in [3.63, 3.8) is 0 Å². The molecule has 1 unspecified atom stereocenters. The van der Waals surface area contributed by atoms with Crippen molar-refractivity contribution in [1.82, 2.24) is 9.97 Å². The topological polar surface area (TPSA) is 105 Å². The summed E-state index contributed by atoms with van der Waals surface area (Å²) >= 11 is 0. The van der Waals surface area contributed by atoms with E-state index in [4.69, 9.17) is 9.47 Å². The lowest BCUT2D eigenvalue weighted by atomic mass is 9.88. The number of piperidine rings is 1. The van der Waals surface area contributed by atoms with Gasteiger partial charge in [0.1, 0.15) is 11.6 Å². The number of ether oxygens (including phenoxy) is 2. The lowest BCUT2D eigenvalue weighted by Gasteiger charge is -2.35. The number of anilines is 2. The van der Waals surface area contributed by atoms with E-state index in [2.05, 4.69) is 14.9 Å². The van der Waals surface area contributed by atoms with Crippen LogP contribution in [0.4, 0.5) is 11.5 Å². The molecule has 6 rings (SSSR count).